The lowest BCUT2D eigenvalue weighted by Crippen LogP contribution is -2.40. The SMILES string of the molecule is Cc1cc(NC2CCC(NC(=O)c3cnn(CC(F)(F)F)c3)CC2)cc(C(F)(F)F)c1C#N. The Morgan fingerprint density at radius 1 is 1.15 bits per heavy atom. The van der Waals surface area contributed by atoms with Gasteiger partial charge in [0.25, 0.3) is 5.91 Å². The van der Waals surface area contributed by atoms with E-state index < -0.39 is 35.9 Å². The van der Waals surface area contributed by atoms with Gasteiger partial charge in [-0.1, -0.05) is 0 Å². The number of nitrogens with one attached hydrogen (secondary N) is 2. The van der Waals surface area contributed by atoms with E-state index in [-0.39, 0.29) is 28.9 Å². The molecule has 3 rings (SSSR count). The largest absolute Gasteiger partial charge is 0.417 e. The molecule has 0 aliphatic heterocycles. The molecule has 33 heavy (non-hydrogen) atoms. The average molecular weight is 473 g/mol. The number of carbonyl (C=O) groups excluding carboxylic acids is 1. The van der Waals surface area contributed by atoms with E-state index >= 15 is 0 Å². The maximum absolute atomic E-state index is 13.3. The van der Waals surface area contributed by atoms with Crippen LogP contribution in [0.2, 0.25) is 0 Å². The highest BCUT2D eigenvalue weighted by Crippen LogP contribution is 2.36. The Bertz CT molecular complexity index is 1040. The molecule has 0 atom stereocenters. The van der Waals surface area contributed by atoms with Crippen LogP contribution in [0.5, 0.6) is 0 Å². The van der Waals surface area contributed by atoms with Crippen LogP contribution in [-0.2, 0) is 12.7 Å². The fourth-order valence-corrected chi connectivity index (χ4v) is 3.88. The van der Waals surface area contributed by atoms with Gasteiger partial charge in [0, 0.05) is 24.0 Å². The van der Waals surface area contributed by atoms with Gasteiger partial charge in [-0.15, -0.1) is 0 Å². The number of aryl methyl sites for hydroxylation is 1. The molecule has 2 N–H and O–H groups in total. The van der Waals surface area contributed by atoms with Crippen molar-refractivity contribution in [3.05, 3.63) is 46.8 Å². The predicted molar refractivity (Wildman–Crippen MR) is 106 cm³/mol. The summed E-state index contributed by atoms with van der Waals surface area (Å²) in [6.45, 7) is 0.157. The summed E-state index contributed by atoms with van der Waals surface area (Å²) in [5, 5.41) is 18.4. The Hall–Kier alpha value is -3.23. The van der Waals surface area contributed by atoms with Crippen molar-refractivity contribution in [2.45, 2.75) is 63.6 Å². The Kier molecular flexibility index (Phi) is 6.90. The van der Waals surface area contributed by atoms with Gasteiger partial charge in [0.05, 0.1) is 22.9 Å². The number of aromatic nitrogens is 2. The quantitative estimate of drug-likeness (QED) is 0.612. The van der Waals surface area contributed by atoms with Gasteiger partial charge in [-0.25, -0.2) is 0 Å². The Morgan fingerprint density at radius 3 is 2.36 bits per heavy atom. The fourth-order valence-electron chi connectivity index (χ4n) is 3.88. The van der Waals surface area contributed by atoms with Gasteiger partial charge in [-0.3, -0.25) is 9.48 Å². The molecule has 1 aliphatic carbocycles. The third kappa shape index (κ3) is 6.40. The second kappa shape index (κ2) is 9.33. The summed E-state index contributed by atoms with van der Waals surface area (Å²) < 4.78 is 77.8. The van der Waals surface area contributed by atoms with E-state index in [2.05, 4.69) is 15.7 Å². The van der Waals surface area contributed by atoms with Crippen molar-refractivity contribution in [3.8, 4) is 6.07 Å². The molecular weight excluding hydrogens is 452 g/mol. The summed E-state index contributed by atoms with van der Waals surface area (Å²) in [4.78, 5) is 12.3. The number of halogens is 6. The number of hydrogen-bond donors (Lipinski definition) is 2. The highest BCUT2D eigenvalue weighted by molar-refractivity contribution is 5.93. The Labute approximate surface area is 185 Å². The number of benzene rings is 1. The second-order valence-electron chi connectivity index (χ2n) is 8.03. The van der Waals surface area contributed by atoms with Gasteiger partial charge in [-0.2, -0.15) is 36.7 Å². The van der Waals surface area contributed by atoms with Crippen LogP contribution in [0.1, 0.15) is 52.7 Å². The first-order valence-electron chi connectivity index (χ1n) is 10.1. The molecular formula is C21H21F6N5O. The minimum atomic E-state index is -4.65. The van der Waals surface area contributed by atoms with E-state index in [1.807, 2.05) is 0 Å². The maximum Gasteiger partial charge on any atom is 0.417 e. The standard InChI is InChI=1S/C21H21F6N5O/c1-12-6-16(7-18(17(12)8-28)21(25,26)27)30-14-2-4-15(5-3-14)31-19(33)13-9-29-32(10-13)11-20(22,23)24/h6-7,9-10,14-15,30H,2-5,11H2,1H3,(H,31,33). The maximum atomic E-state index is 13.3. The van der Waals surface area contributed by atoms with Crippen molar-refractivity contribution in [2.75, 3.05) is 5.32 Å². The summed E-state index contributed by atoms with van der Waals surface area (Å²) in [7, 11) is 0. The first kappa shape index (κ1) is 24.4. The third-order valence-electron chi connectivity index (χ3n) is 5.42. The van der Waals surface area contributed by atoms with Crippen LogP contribution in [0.15, 0.2) is 24.5 Å². The van der Waals surface area contributed by atoms with Crippen LogP contribution in [-0.4, -0.2) is 33.9 Å². The van der Waals surface area contributed by atoms with E-state index in [0.717, 1.165) is 18.5 Å². The highest BCUT2D eigenvalue weighted by Gasteiger charge is 2.35. The molecule has 2 aromatic rings. The molecule has 1 amide bonds. The van der Waals surface area contributed by atoms with E-state index in [1.165, 1.54) is 13.0 Å². The average Bonchev–Trinajstić information content (AvgIpc) is 3.15. The van der Waals surface area contributed by atoms with Gasteiger partial charge < -0.3 is 10.6 Å². The molecule has 6 nitrogen and oxygen atoms in total. The van der Waals surface area contributed by atoms with Gasteiger partial charge in [0.1, 0.15) is 12.6 Å². The summed E-state index contributed by atoms with van der Waals surface area (Å²) in [5.74, 6) is -0.530. The number of alkyl halides is 6. The number of rotatable bonds is 5. The van der Waals surface area contributed by atoms with Crippen LogP contribution in [0.25, 0.3) is 0 Å². The van der Waals surface area contributed by atoms with Crippen LogP contribution in [0.4, 0.5) is 32.0 Å². The van der Waals surface area contributed by atoms with E-state index in [9.17, 15) is 31.1 Å². The summed E-state index contributed by atoms with van der Waals surface area (Å²) >= 11 is 0. The molecule has 178 valence electrons. The minimum absolute atomic E-state index is 0.0206. The minimum Gasteiger partial charge on any atom is -0.382 e. The van der Waals surface area contributed by atoms with E-state index in [1.54, 1.807) is 6.07 Å². The number of hydrogen-bond acceptors (Lipinski definition) is 4. The monoisotopic (exact) mass is 473 g/mol. The zero-order valence-electron chi connectivity index (χ0n) is 17.5. The Balaban J connectivity index is 1.56. The fraction of sp³-hybridized carbons (Fsp3) is 0.476. The normalized spacial score (nSPS) is 19.1. The molecule has 0 unspecified atom stereocenters. The van der Waals surface area contributed by atoms with E-state index in [4.69, 9.17) is 5.26 Å². The van der Waals surface area contributed by atoms with Crippen molar-refractivity contribution >= 4 is 11.6 Å². The highest BCUT2D eigenvalue weighted by atomic mass is 19.4. The van der Waals surface area contributed by atoms with Crippen LogP contribution in [0.3, 0.4) is 0 Å². The van der Waals surface area contributed by atoms with Crippen LogP contribution >= 0.6 is 0 Å². The zero-order chi connectivity index (χ0) is 24.4. The zero-order valence-corrected chi connectivity index (χ0v) is 17.5. The smallest absolute Gasteiger partial charge is 0.382 e. The molecule has 0 bridgehead atoms. The lowest BCUT2D eigenvalue weighted by Gasteiger charge is -2.30. The second-order valence-corrected chi connectivity index (χ2v) is 8.03. The molecule has 0 spiro atoms. The van der Waals surface area contributed by atoms with Gasteiger partial charge in [0.2, 0.25) is 0 Å². The summed E-state index contributed by atoms with van der Waals surface area (Å²) in [6, 6.07) is 3.69. The van der Waals surface area contributed by atoms with Crippen molar-refractivity contribution < 1.29 is 31.1 Å². The number of amides is 1. The molecule has 12 heteroatoms. The predicted octanol–water partition coefficient (Wildman–Crippen LogP) is 4.80. The molecule has 0 saturated heterocycles. The first-order chi connectivity index (χ1) is 15.4. The van der Waals surface area contributed by atoms with Crippen molar-refractivity contribution in [1.82, 2.24) is 15.1 Å². The van der Waals surface area contributed by atoms with Crippen molar-refractivity contribution in [2.24, 2.45) is 0 Å². The van der Waals surface area contributed by atoms with Gasteiger partial charge in [0.15, 0.2) is 0 Å². The molecule has 1 aromatic carbocycles. The van der Waals surface area contributed by atoms with Crippen molar-refractivity contribution in [1.29, 1.82) is 5.26 Å². The Morgan fingerprint density at radius 2 is 1.79 bits per heavy atom. The molecule has 0 radical (unpaired) electrons. The topological polar surface area (TPSA) is 82.7 Å². The summed E-state index contributed by atoms with van der Waals surface area (Å²) in [5.41, 5.74) is -0.880. The van der Waals surface area contributed by atoms with Crippen molar-refractivity contribution in [3.63, 3.8) is 0 Å². The summed E-state index contributed by atoms with van der Waals surface area (Å²) in [6.07, 6.45) is -4.77. The third-order valence-corrected chi connectivity index (χ3v) is 5.42. The van der Waals surface area contributed by atoms with Gasteiger partial charge in [-0.05, 0) is 50.3 Å². The number of anilines is 1. The molecule has 1 fully saturated rings. The number of nitrogens with zero attached hydrogens (tertiary/aromatic N) is 3. The molecule has 1 aromatic heterocycles. The molecule has 1 heterocycles. The van der Waals surface area contributed by atoms with Gasteiger partial charge >= 0.3 is 12.4 Å². The van der Waals surface area contributed by atoms with Crippen LogP contribution in [0, 0.1) is 18.3 Å². The van der Waals surface area contributed by atoms with Crippen LogP contribution < -0.4 is 10.6 Å². The lowest BCUT2D eigenvalue weighted by molar-refractivity contribution is -0.142. The first-order valence-corrected chi connectivity index (χ1v) is 10.1. The molecule has 1 saturated carbocycles. The van der Waals surface area contributed by atoms with E-state index in [0.29, 0.717) is 30.4 Å². The molecule has 1 aliphatic rings. The number of carbonyl (C=O) groups is 1. The lowest BCUT2D eigenvalue weighted by atomic mass is 9.90. The number of nitriles is 1.